The Balaban J connectivity index is 1.98. The van der Waals surface area contributed by atoms with Crippen LogP contribution in [0.2, 0.25) is 5.02 Å². The minimum absolute atomic E-state index is 0.205. The normalized spacial score (nSPS) is 14.3. The number of amides is 1. The molecular formula is C18H18ClNO4S. The van der Waals surface area contributed by atoms with Crippen molar-refractivity contribution in [1.29, 1.82) is 0 Å². The third kappa shape index (κ3) is 3.65. The molecule has 2 aromatic carbocycles. The molecule has 3 rings (SSSR count). The molecule has 0 saturated carbocycles. The molecule has 0 saturated heterocycles. The van der Waals surface area contributed by atoms with E-state index in [9.17, 15) is 13.2 Å². The second kappa shape index (κ2) is 6.69. The maximum absolute atomic E-state index is 12.2. The van der Waals surface area contributed by atoms with Crippen molar-refractivity contribution in [1.82, 2.24) is 5.32 Å². The van der Waals surface area contributed by atoms with Gasteiger partial charge in [0.15, 0.2) is 15.6 Å². The second-order valence-corrected chi connectivity index (χ2v) is 8.44. The molecule has 0 aromatic heterocycles. The molecule has 1 aliphatic heterocycles. The molecule has 0 fully saturated rings. The molecule has 0 atom stereocenters. The van der Waals surface area contributed by atoms with Gasteiger partial charge >= 0.3 is 0 Å². The summed E-state index contributed by atoms with van der Waals surface area (Å²) >= 11 is 6.42. The summed E-state index contributed by atoms with van der Waals surface area (Å²) in [4.78, 5) is 12.5. The lowest BCUT2D eigenvalue weighted by molar-refractivity contribution is 0.0957. The van der Waals surface area contributed by atoms with Gasteiger partial charge in [-0.05, 0) is 48.2 Å². The first-order valence-corrected chi connectivity index (χ1v) is 10.1. The average molecular weight is 380 g/mol. The summed E-state index contributed by atoms with van der Waals surface area (Å²) in [5, 5.41) is 3.22. The van der Waals surface area contributed by atoms with E-state index >= 15 is 0 Å². The van der Waals surface area contributed by atoms with Gasteiger partial charge in [-0.25, -0.2) is 8.42 Å². The van der Waals surface area contributed by atoms with Crippen LogP contribution in [0.5, 0.6) is 5.75 Å². The molecule has 0 spiro atoms. The zero-order chi connectivity index (χ0) is 18.2. The maximum Gasteiger partial charge on any atom is 0.255 e. The number of halogens is 1. The largest absolute Gasteiger partial charge is 0.489 e. The van der Waals surface area contributed by atoms with Crippen LogP contribution < -0.4 is 10.1 Å². The topological polar surface area (TPSA) is 72.5 Å². The van der Waals surface area contributed by atoms with Crippen molar-refractivity contribution >= 4 is 27.3 Å². The molecule has 0 unspecified atom stereocenters. The first-order chi connectivity index (χ1) is 11.8. The van der Waals surface area contributed by atoms with Crippen LogP contribution in [-0.4, -0.2) is 33.7 Å². The summed E-state index contributed by atoms with van der Waals surface area (Å²) in [7, 11) is -3.22. The molecule has 1 N–H and O–H groups in total. The average Bonchev–Trinajstić information content (AvgIpc) is 2.74. The van der Waals surface area contributed by atoms with Gasteiger partial charge in [0.25, 0.3) is 5.91 Å². The number of hydrogen-bond acceptors (Lipinski definition) is 4. The van der Waals surface area contributed by atoms with Crippen molar-refractivity contribution in [3.8, 4) is 5.75 Å². The Kier molecular flexibility index (Phi) is 4.75. The summed E-state index contributed by atoms with van der Waals surface area (Å²) in [6.07, 6.45) is 1.72. The second-order valence-electron chi connectivity index (χ2n) is 6.05. The molecule has 0 bridgehead atoms. The third-order valence-electron chi connectivity index (χ3n) is 4.20. The molecule has 1 amide bonds. The van der Waals surface area contributed by atoms with Crippen LogP contribution in [0, 0.1) is 6.92 Å². The smallest absolute Gasteiger partial charge is 0.255 e. The molecule has 25 heavy (non-hydrogen) atoms. The number of benzene rings is 2. The van der Waals surface area contributed by atoms with E-state index in [1.54, 1.807) is 30.3 Å². The molecule has 0 aliphatic carbocycles. The van der Waals surface area contributed by atoms with Gasteiger partial charge < -0.3 is 10.1 Å². The van der Waals surface area contributed by atoms with E-state index in [-0.39, 0.29) is 10.8 Å². The lowest BCUT2D eigenvalue weighted by atomic mass is 9.97. The SMILES string of the molecule is Cc1c(Cc2ccc(S(C)(=O)=O)cc2)cc2c(c1Cl)OCCNC2=O. The van der Waals surface area contributed by atoms with Gasteiger partial charge in [0.2, 0.25) is 0 Å². The van der Waals surface area contributed by atoms with Gasteiger partial charge in [-0.3, -0.25) is 4.79 Å². The van der Waals surface area contributed by atoms with Crippen molar-refractivity contribution in [2.45, 2.75) is 18.2 Å². The van der Waals surface area contributed by atoms with Crippen LogP contribution in [-0.2, 0) is 16.3 Å². The zero-order valence-corrected chi connectivity index (χ0v) is 15.5. The number of carbonyl (C=O) groups is 1. The highest BCUT2D eigenvalue weighted by molar-refractivity contribution is 7.90. The molecule has 1 heterocycles. The number of fused-ring (bicyclic) bond motifs is 1. The summed E-state index contributed by atoms with van der Waals surface area (Å²) in [6.45, 7) is 2.70. The molecule has 0 radical (unpaired) electrons. The summed E-state index contributed by atoms with van der Waals surface area (Å²) in [5.41, 5.74) is 3.11. The number of nitrogens with one attached hydrogen (secondary N) is 1. The standard InChI is InChI=1S/C18H18ClNO4S/c1-11-13(9-12-3-5-14(6-4-12)25(2,22)23)10-15-17(16(11)19)24-8-7-20-18(15)21/h3-6,10H,7-9H2,1-2H3,(H,20,21). The third-order valence-corrected chi connectivity index (χ3v) is 5.78. The van der Waals surface area contributed by atoms with Crippen molar-refractivity contribution in [3.05, 3.63) is 57.6 Å². The van der Waals surface area contributed by atoms with Crippen molar-refractivity contribution in [2.24, 2.45) is 0 Å². The van der Waals surface area contributed by atoms with E-state index in [1.165, 1.54) is 6.26 Å². The minimum Gasteiger partial charge on any atom is -0.489 e. The van der Waals surface area contributed by atoms with Crippen LogP contribution in [0.4, 0.5) is 0 Å². The molecular weight excluding hydrogens is 362 g/mol. The number of ether oxygens (including phenoxy) is 1. The van der Waals surface area contributed by atoms with Gasteiger partial charge in [-0.15, -0.1) is 0 Å². The Morgan fingerprint density at radius 2 is 1.92 bits per heavy atom. The van der Waals surface area contributed by atoms with E-state index in [4.69, 9.17) is 16.3 Å². The van der Waals surface area contributed by atoms with Gasteiger partial charge in [0.05, 0.1) is 22.0 Å². The molecule has 2 aromatic rings. The van der Waals surface area contributed by atoms with Gasteiger partial charge in [0.1, 0.15) is 6.61 Å². The van der Waals surface area contributed by atoms with Gasteiger partial charge in [-0.2, -0.15) is 0 Å². The lowest BCUT2D eigenvalue weighted by Gasteiger charge is -2.15. The number of hydrogen-bond donors (Lipinski definition) is 1. The van der Waals surface area contributed by atoms with Gasteiger partial charge in [0, 0.05) is 6.26 Å². The Morgan fingerprint density at radius 3 is 2.56 bits per heavy atom. The van der Waals surface area contributed by atoms with Crippen LogP contribution in [0.3, 0.4) is 0 Å². The number of rotatable bonds is 3. The quantitative estimate of drug-likeness (QED) is 0.890. The zero-order valence-electron chi connectivity index (χ0n) is 13.9. The highest BCUT2D eigenvalue weighted by Gasteiger charge is 2.22. The van der Waals surface area contributed by atoms with Crippen LogP contribution in [0.25, 0.3) is 0 Å². The van der Waals surface area contributed by atoms with E-state index in [1.807, 2.05) is 6.92 Å². The maximum atomic E-state index is 12.2. The fraction of sp³-hybridized carbons (Fsp3) is 0.278. The van der Waals surface area contributed by atoms with E-state index in [0.29, 0.717) is 35.9 Å². The van der Waals surface area contributed by atoms with Crippen LogP contribution in [0.1, 0.15) is 27.0 Å². The fourth-order valence-corrected chi connectivity index (χ4v) is 3.67. The Morgan fingerprint density at radius 1 is 1.24 bits per heavy atom. The molecule has 7 heteroatoms. The summed E-state index contributed by atoms with van der Waals surface area (Å²) in [6, 6.07) is 8.50. The minimum atomic E-state index is -3.22. The van der Waals surface area contributed by atoms with Crippen molar-refractivity contribution < 1.29 is 17.9 Å². The van der Waals surface area contributed by atoms with Gasteiger partial charge in [-0.1, -0.05) is 23.7 Å². The highest BCUT2D eigenvalue weighted by Crippen LogP contribution is 2.36. The van der Waals surface area contributed by atoms with E-state index in [2.05, 4.69) is 5.32 Å². The molecule has 1 aliphatic rings. The number of sulfone groups is 1. The lowest BCUT2D eigenvalue weighted by Crippen LogP contribution is -2.24. The van der Waals surface area contributed by atoms with Crippen molar-refractivity contribution in [3.63, 3.8) is 0 Å². The predicted molar refractivity (Wildman–Crippen MR) is 96.4 cm³/mol. The van der Waals surface area contributed by atoms with E-state index < -0.39 is 9.84 Å². The Labute approximate surface area is 151 Å². The monoisotopic (exact) mass is 379 g/mol. The number of carbonyl (C=O) groups excluding carboxylic acids is 1. The first kappa shape index (κ1) is 17.8. The fourth-order valence-electron chi connectivity index (χ4n) is 2.76. The molecule has 5 nitrogen and oxygen atoms in total. The van der Waals surface area contributed by atoms with Crippen LogP contribution >= 0.6 is 11.6 Å². The van der Waals surface area contributed by atoms with Crippen LogP contribution in [0.15, 0.2) is 35.2 Å². The van der Waals surface area contributed by atoms with Crippen molar-refractivity contribution in [2.75, 3.05) is 19.4 Å². The first-order valence-electron chi connectivity index (χ1n) is 7.79. The Bertz CT molecular complexity index is 937. The van der Waals surface area contributed by atoms with E-state index in [0.717, 1.165) is 16.7 Å². The molecule has 132 valence electrons. The summed E-state index contributed by atoms with van der Waals surface area (Å²) in [5.74, 6) is 0.216. The highest BCUT2D eigenvalue weighted by atomic mass is 35.5. The Hall–Kier alpha value is -2.05. The summed E-state index contributed by atoms with van der Waals surface area (Å²) < 4.78 is 28.7. The predicted octanol–water partition coefficient (Wildman–Crippen LogP) is 2.76.